The molecule has 0 aromatic carbocycles. The summed E-state index contributed by atoms with van der Waals surface area (Å²) in [5.74, 6) is 1.72. The maximum Gasteiger partial charge on any atom is 0.309 e. The average molecular weight is 222 g/mol. The molecule has 2 saturated carbocycles. The fourth-order valence-electron chi connectivity index (χ4n) is 3.74. The third-order valence-corrected chi connectivity index (χ3v) is 4.34. The van der Waals surface area contributed by atoms with Gasteiger partial charge in [-0.15, -0.1) is 0 Å². The Morgan fingerprint density at radius 2 is 2.31 bits per heavy atom. The maximum absolute atomic E-state index is 11.5. The van der Waals surface area contributed by atoms with Gasteiger partial charge in [-0.25, -0.2) is 0 Å². The van der Waals surface area contributed by atoms with Crippen LogP contribution in [-0.4, -0.2) is 25.3 Å². The predicted molar refractivity (Wildman–Crippen MR) is 58.7 cm³/mol. The summed E-state index contributed by atoms with van der Waals surface area (Å²) < 4.78 is 11.0. The second kappa shape index (κ2) is 3.59. The van der Waals surface area contributed by atoms with Crippen LogP contribution in [0, 0.1) is 23.7 Å². The molecule has 5 unspecified atom stereocenters. The number of cyclic esters (lactones) is 1. The molecule has 0 spiro atoms. The van der Waals surface area contributed by atoms with Crippen LogP contribution in [0.2, 0.25) is 0 Å². The van der Waals surface area contributed by atoms with Crippen molar-refractivity contribution in [1.82, 2.24) is 0 Å². The third-order valence-electron chi connectivity index (χ3n) is 4.34. The van der Waals surface area contributed by atoms with Gasteiger partial charge >= 0.3 is 5.97 Å². The van der Waals surface area contributed by atoms with Gasteiger partial charge in [-0.2, -0.15) is 0 Å². The van der Waals surface area contributed by atoms with E-state index in [-0.39, 0.29) is 11.9 Å². The lowest BCUT2D eigenvalue weighted by molar-refractivity contribution is -0.142. The molecule has 2 aliphatic carbocycles. The minimum atomic E-state index is 0.0378. The van der Waals surface area contributed by atoms with Crippen molar-refractivity contribution in [2.24, 2.45) is 23.7 Å². The van der Waals surface area contributed by atoms with Crippen LogP contribution in [0.5, 0.6) is 0 Å². The lowest BCUT2D eigenvalue weighted by Crippen LogP contribution is -2.33. The summed E-state index contributed by atoms with van der Waals surface area (Å²) in [5, 5.41) is 0. The zero-order valence-corrected chi connectivity index (χ0v) is 9.65. The number of rotatable bonds is 3. The molecule has 3 nitrogen and oxygen atoms in total. The second-order valence-electron chi connectivity index (χ2n) is 5.52. The van der Waals surface area contributed by atoms with E-state index >= 15 is 0 Å². The molecule has 0 aromatic heterocycles. The SMILES string of the molecule is C=C(C)COC1CC2CC1C1COC(=O)C21. The molecule has 0 N–H and O–H groups in total. The van der Waals surface area contributed by atoms with Gasteiger partial charge < -0.3 is 9.47 Å². The van der Waals surface area contributed by atoms with Crippen LogP contribution in [0.25, 0.3) is 0 Å². The lowest BCUT2D eigenvalue weighted by Gasteiger charge is -2.28. The van der Waals surface area contributed by atoms with Gasteiger partial charge in [0, 0.05) is 5.92 Å². The van der Waals surface area contributed by atoms with Gasteiger partial charge in [-0.05, 0) is 31.6 Å². The predicted octanol–water partition coefficient (Wildman–Crippen LogP) is 1.78. The Balaban J connectivity index is 1.67. The van der Waals surface area contributed by atoms with Crippen molar-refractivity contribution >= 4 is 5.97 Å². The van der Waals surface area contributed by atoms with Crippen LogP contribution in [-0.2, 0) is 14.3 Å². The molecular weight excluding hydrogens is 204 g/mol. The normalized spacial score (nSPS) is 44.6. The lowest BCUT2D eigenvalue weighted by atomic mass is 9.80. The average Bonchev–Trinajstić information content (AvgIpc) is 2.87. The molecule has 0 radical (unpaired) electrons. The minimum Gasteiger partial charge on any atom is -0.465 e. The summed E-state index contributed by atoms with van der Waals surface area (Å²) in [7, 11) is 0. The molecule has 3 heteroatoms. The molecule has 2 bridgehead atoms. The number of ether oxygens (including phenoxy) is 2. The van der Waals surface area contributed by atoms with Crippen molar-refractivity contribution in [3.63, 3.8) is 0 Å². The zero-order chi connectivity index (χ0) is 11.3. The summed E-state index contributed by atoms with van der Waals surface area (Å²) in [5.41, 5.74) is 1.07. The molecule has 1 aliphatic heterocycles. The summed E-state index contributed by atoms with van der Waals surface area (Å²) in [6.07, 6.45) is 2.52. The van der Waals surface area contributed by atoms with Crippen molar-refractivity contribution in [3.05, 3.63) is 12.2 Å². The highest BCUT2D eigenvalue weighted by Crippen LogP contribution is 2.55. The Morgan fingerprint density at radius 3 is 3.06 bits per heavy atom. The van der Waals surface area contributed by atoms with Gasteiger partial charge in [0.2, 0.25) is 0 Å². The molecule has 5 atom stereocenters. The highest BCUT2D eigenvalue weighted by molar-refractivity contribution is 5.76. The van der Waals surface area contributed by atoms with Crippen LogP contribution in [0.15, 0.2) is 12.2 Å². The number of hydrogen-bond donors (Lipinski definition) is 0. The number of esters is 1. The van der Waals surface area contributed by atoms with Gasteiger partial charge in [0.05, 0.1) is 25.2 Å². The van der Waals surface area contributed by atoms with Gasteiger partial charge in [0.1, 0.15) is 0 Å². The third kappa shape index (κ3) is 1.41. The number of carbonyl (C=O) groups excluding carboxylic acids is 1. The first-order valence-corrected chi connectivity index (χ1v) is 6.09. The Morgan fingerprint density at radius 1 is 1.50 bits per heavy atom. The van der Waals surface area contributed by atoms with Crippen molar-refractivity contribution in [3.8, 4) is 0 Å². The van der Waals surface area contributed by atoms with Crippen molar-refractivity contribution in [1.29, 1.82) is 0 Å². The van der Waals surface area contributed by atoms with E-state index in [0.29, 0.717) is 37.1 Å². The van der Waals surface area contributed by atoms with E-state index in [2.05, 4.69) is 6.58 Å². The topological polar surface area (TPSA) is 35.5 Å². The summed E-state index contributed by atoms with van der Waals surface area (Å²) >= 11 is 0. The number of carbonyl (C=O) groups is 1. The van der Waals surface area contributed by atoms with E-state index in [1.54, 1.807) is 0 Å². The summed E-state index contributed by atoms with van der Waals surface area (Å²) in [6.45, 7) is 7.11. The van der Waals surface area contributed by atoms with Gasteiger partial charge in [0.15, 0.2) is 0 Å². The highest BCUT2D eigenvalue weighted by Gasteiger charge is 2.59. The van der Waals surface area contributed by atoms with Crippen LogP contribution in [0.4, 0.5) is 0 Å². The van der Waals surface area contributed by atoms with E-state index in [9.17, 15) is 4.79 Å². The summed E-state index contributed by atoms with van der Waals surface area (Å²) in [4.78, 5) is 11.5. The molecule has 3 fully saturated rings. The maximum atomic E-state index is 11.5. The fraction of sp³-hybridized carbons (Fsp3) is 0.769. The first-order chi connectivity index (χ1) is 7.66. The first-order valence-electron chi connectivity index (χ1n) is 6.09. The number of fused-ring (bicyclic) bond motifs is 5. The Labute approximate surface area is 95.8 Å². The molecule has 1 saturated heterocycles. The summed E-state index contributed by atoms with van der Waals surface area (Å²) in [6, 6.07) is 0. The van der Waals surface area contributed by atoms with Crippen molar-refractivity contribution < 1.29 is 14.3 Å². The van der Waals surface area contributed by atoms with Crippen LogP contribution in [0.3, 0.4) is 0 Å². The van der Waals surface area contributed by atoms with Gasteiger partial charge in [-0.3, -0.25) is 4.79 Å². The van der Waals surface area contributed by atoms with Crippen LogP contribution >= 0.6 is 0 Å². The van der Waals surface area contributed by atoms with Gasteiger partial charge in [0.25, 0.3) is 0 Å². The molecular formula is C13H18O3. The van der Waals surface area contributed by atoms with Gasteiger partial charge in [-0.1, -0.05) is 12.2 Å². The molecule has 3 aliphatic rings. The van der Waals surface area contributed by atoms with Crippen molar-refractivity contribution in [2.45, 2.75) is 25.9 Å². The first kappa shape index (κ1) is 10.3. The van der Waals surface area contributed by atoms with E-state index in [1.807, 2.05) is 6.92 Å². The quantitative estimate of drug-likeness (QED) is 0.539. The molecule has 0 aromatic rings. The number of hydrogen-bond acceptors (Lipinski definition) is 3. The Kier molecular flexibility index (Phi) is 2.32. The largest absolute Gasteiger partial charge is 0.465 e. The molecule has 88 valence electrons. The van der Waals surface area contributed by atoms with E-state index in [1.165, 1.54) is 0 Å². The minimum absolute atomic E-state index is 0.0378. The molecule has 1 heterocycles. The molecule has 16 heavy (non-hydrogen) atoms. The van der Waals surface area contributed by atoms with Crippen LogP contribution in [0.1, 0.15) is 19.8 Å². The fourth-order valence-corrected chi connectivity index (χ4v) is 3.74. The zero-order valence-electron chi connectivity index (χ0n) is 9.65. The van der Waals surface area contributed by atoms with Crippen LogP contribution < -0.4 is 0 Å². The highest BCUT2D eigenvalue weighted by atomic mass is 16.5. The smallest absolute Gasteiger partial charge is 0.309 e. The van der Waals surface area contributed by atoms with E-state index < -0.39 is 0 Å². The monoisotopic (exact) mass is 222 g/mol. The van der Waals surface area contributed by atoms with Crippen molar-refractivity contribution in [2.75, 3.05) is 13.2 Å². The Hall–Kier alpha value is -0.830. The molecule has 0 amide bonds. The Bertz CT molecular complexity index is 336. The van der Waals surface area contributed by atoms with E-state index in [4.69, 9.17) is 9.47 Å². The molecule has 3 rings (SSSR count). The second-order valence-corrected chi connectivity index (χ2v) is 5.52. The van der Waals surface area contributed by atoms with E-state index in [0.717, 1.165) is 18.4 Å². The standard InChI is InChI=1S/C13H18O3/c1-7(2)5-15-11-4-8-3-9(11)10-6-16-13(14)12(8)10/h8-12H,1,3-6H2,2H3.